The lowest BCUT2D eigenvalue weighted by molar-refractivity contribution is 0.590. The monoisotopic (exact) mass is 458 g/mol. The summed E-state index contributed by atoms with van der Waals surface area (Å²) < 4.78 is 2.23. The Morgan fingerprint density at radius 1 is 0.686 bits per heavy atom. The summed E-state index contributed by atoms with van der Waals surface area (Å²) in [6.45, 7) is 13.5. The van der Waals surface area contributed by atoms with E-state index in [9.17, 15) is 5.26 Å². The molecular weight excluding hydrogens is 428 g/mol. The van der Waals surface area contributed by atoms with Gasteiger partial charge in [-0.1, -0.05) is 59.7 Å². The molecule has 0 radical (unpaired) electrons. The Kier molecular flexibility index (Phi) is 5.25. The van der Waals surface area contributed by atoms with E-state index in [2.05, 4.69) is 105 Å². The van der Waals surface area contributed by atoms with Crippen molar-refractivity contribution in [3.05, 3.63) is 90.0 Å². The van der Waals surface area contributed by atoms with Gasteiger partial charge in [0.1, 0.15) is 12.4 Å². The lowest BCUT2D eigenvalue weighted by Gasteiger charge is -2.19. The summed E-state index contributed by atoms with van der Waals surface area (Å²) in [7, 11) is 0. The second-order valence-corrected chi connectivity index (χ2v) is 11.3. The SMILES string of the molecule is CC(C)(C)c1ccc2c(c1)c1cc(C(C)(C)C)ccc1n2-c1cc(-c2cncnc2)ccc1C#N. The molecule has 0 N–H and O–H groups in total. The average molecular weight is 459 g/mol. The third-order valence-corrected chi connectivity index (χ3v) is 6.75. The van der Waals surface area contributed by atoms with Crippen molar-refractivity contribution >= 4 is 21.8 Å². The van der Waals surface area contributed by atoms with Gasteiger partial charge >= 0.3 is 0 Å². The van der Waals surface area contributed by atoms with Crippen LogP contribution in [-0.2, 0) is 10.8 Å². The van der Waals surface area contributed by atoms with E-state index in [1.165, 1.54) is 28.2 Å². The summed E-state index contributed by atoms with van der Waals surface area (Å²) >= 11 is 0. The number of rotatable bonds is 2. The second-order valence-electron chi connectivity index (χ2n) is 11.3. The summed E-state index contributed by atoms with van der Waals surface area (Å²) in [5.41, 5.74) is 8.24. The summed E-state index contributed by atoms with van der Waals surface area (Å²) in [4.78, 5) is 8.36. The second kappa shape index (κ2) is 8.06. The van der Waals surface area contributed by atoms with Crippen LogP contribution < -0.4 is 0 Å². The van der Waals surface area contributed by atoms with Crippen LogP contribution in [0.3, 0.4) is 0 Å². The maximum Gasteiger partial charge on any atom is 0.115 e. The number of hydrogen-bond donors (Lipinski definition) is 0. The molecule has 0 amide bonds. The molecule has 0 atom stereocenters. The van der Waals surface area contributed by atoms with Crippen LogP contribution in [0.1, 0.15) is 58.2 Å². The Balaban J connectivity index is 1.88. The fourth-order valence-corrected chi connectivity index (χ4v) is 4.65. The third kappa shape index (κ3) is 3.98. The molecule has 0 saturated carbocycles. The van der Waals surface area contributed by atoms with E-state index in [0.717, 1.165) is 27.8 Å². The van der Waals surface area contributed by atoms with Gasteiger partial charge in [0.15, 0.2) is 0 Å². The smallest absolute Gasteiger partial charge is 0.115 e. The van der Waals surface area contributed by atoms with Crippen molar-refractivity contribution in [1.29, 1.82) is 5.26 Å². The van der Waals surface area contributed by atoms with Crippen LogP contribution in [0.2, 0.25) is 0 Å². The first-order valence-corrected chi connectivity index (χ1v) is 12.0. The largest absolute Gasteiger partial charge is 0.308 e. The average Bonchev–Trinajstić information content (AvgIpc) is 3.16. The first-order valence-electron chi connectivity index (χ1n) is 12.0. The van der Waals surface area contributed by atoms with E-state index in [0.29, 0.717) is 5.56 Å². The molecule has 4 heteroatoms. The summed E-state index contributed by atoms with van der Waals surface area (Å²) in [5, 5.41) is 12.4. The number of nitrogens with zero attached hydrogens (tertiary/aromatic N) is 4. The summed E-state index contributed by atoms with van der Waals surface area (Å²) in [6.07, 6.45) is 5.13. The summed E-state index contributed by atoms with van der Waals surface area (Å²) in [5.74, 6) is 0. The standard InChI is InChI=1S/C31H30N4/c1-30(2,3)23-9-11-27-25(14-23)26-15-24(31(4,5)6)10-12-28(26)35(27)29-13-20(7-8-21(29)16-32)22-17-33-19-34-18-22/h7-15,17-19H,1-6H3. The van der Waals surface area contributed by atoms with Crippen LogP contribution in [0, 0.1) is 11.3 Å². The van der Waals surface area contributed by atoms with E-state index in [1.807, 2.05) is 12.1 Å². The van der Waals surface area contributed by atoms with Gasteiger partial charge in [0.05, 0.1) is 22.3 Å². The van der Waals surface area contributed by atoms with Crippen molar-refractivity contribution in [2.75, 3.05) is 0 Å². The van der Waals surface area contributed by atoms with E-state index in [-0.39, 0.29) is 10.8 Å². The molecule has 0 spiro atoms. The molecule has 0 aliphatic rings. The molecule has 2 aromatic heterocycles. The zero-order valence-electron chi connectivity index (χ0n) is 21.2. The number of benzene rings is 3. The van der Waals surface area contributed by atoms with E-state index >= 15 is 0 Å². The zero-order chi connectivity index (χ0) is 25.0. The van der Waals surface area contributed by atoms with Crippen LogP contribution in [0.25, 0.3) is 38.6 Å². The van der Waals surface area contributed by atoms with Gasteiger partial charge in [0.25, 0.3) is 0 Å². The van der Waals surface area contributed by atoms with Gasteiger partial charge in [-0.05, 0) is 63.9 Å². The van der Waals surface area contributed by atoms with E-state index < -0.39 is 0 Å². The predicted octanol–water partition coefficient (Wildman–Crippen LogP) is 7.71. The molecule has 0 aliphatic heterocycles. The quantitative estimate of drug-likeness (QED) is 0.272. The highest BCUT2D eigenvalue weighted by Gasteiger charge is 2.22. The van der Waals surface area contributed by atoms with Gasteiger partial charge < -0.3 is 4.57 Å². The van der Waals surface area contributed by atoms with Crippen LogP contribution >= 0.6 is 0 Å². The summed E-state index contributed by atoms with van der Waals surface area (Å²) in [6, 6.07) is 21.8. The van der Waals surface area contributed by atoms with Gasteiger partial charge in [-0.2, -0.15) is 5.26 Å². The highest BCUT2D eigenvalue weighted by molar-refractivity contribution is 6.10. The lowest BCUT2D eigenvalue weighted by Crippen LogP contribution is -2.10. The van der Waals surface area contributed by atoms with Crippen molar-refractivity contribution in [2.45, 2.75) is 52.4 Å². The minimum absolute atomic E-state index is 0.0370. The Morgan fingerprint density at radius 2 is 1.23 bits per heavy atom. The molecule has 5 rings (SSSR count). The minimum atomic E-state index is 0.0370. The molecule has 0 unspecified atom stereocenters. The fraction of sp³-hybridized carbons (Fsp3) is 0.258. The van der Waals surface area contributed by atoms with Gasteiger partial charge in [-0.25, -0.2) is 9.97 Å². The van der Waals surface area contributed by atoms with Crippen molar-refractivity contribution < 1.29 is 0 Å². The molecule has 5 aromatic rings. The number of nitriles is 1. The maximum atomic E-state index is 10.0. The van der Waals surface area contributed by atoms with E-state index in [4.69, 9.17) is 0 Å². The van der Waals surface area contributed by atoms with Crippen molar-refractivity contribution in [3.63, 3.8) is 0 Å². The van der Waals surface area contributed by atoms with Crippen molar-refractivity contribution in [3.8, 4) is 22.9 Å². The Labute approximate surface area is 206 Å². The highest BCUT2D eigenvalue weighted by atomic mass is 15.0. The van der Waals surface area contributed by atoms with Crippen LogP contribution in [0.4, 0.5) is 0 Å². The zero-order valence-corrected chi connectivity index (χ0v) is 21.2. The van der Waals surface area contributed by atoms with Crippen molar-refractivity contribution in [1.82, 2.24) is 14.5 Å². The molecule has 0 fully saturated rings. The molecule has 0 aliphatic carbocycles. The molecule has 4 nitrogen and oxygen atoms in total. The molecule has 2 heterocycles. The van der Waals surface area contributed by atoms with Crippen molar-refractivity contribution in [2.24, 2.45) is 0 Å². The van der Waals surface area contributed by atoms with E-state index in [1.54, 1.807) is 12.4 Å². The Morgan fingerprint density at radius 3 is 1.71 bits per heavy atom. The molecule has 3 aromatic carbocycles. The van der Waals surface area contributed by atoms with Crippen LogP contribution in [0.15, 0.2) is 73.3 Å². The number of hydrogen-bond acceptors (Lipinski definition) is 3. The van der Waals surface area contributed by atoms with Gasteiger partial charge in [0.2, 0.25) is 0 Å². The number of aromatic nitrogens is 3. The molecular formula is C31H30N4. The fourth-order valence-electron chi connectivity index (χ4n) is 4.65. The van der Waals surface area contributed by atoms with Gasteiger partial charge in [-0.3, -0.25) is 0 Å². The first-order chi connectivity index (χ1) is 16.6. The maximum absolute atomic E-state index is 10.0. The highest BCUT2D eigenvalue weighted by Crippen LogP contribution is 2.38. The predicted molar refractivity (Wildman–Crippen MR) is 144 cm³/mol. The van der Waals surface area contributed by atoms with Crippen LogP contribution in [-0.4, -0.2) is 14.5 Å². The lowest BCUT2D eigenvalue weighted by atomic mass is 9.85. The molecule has 0 bridgehead atoms. The minimum Gasteiger partial charge on any atom is -0.308 e. The van der Waals surface area contributed by atoms with Gasteiger partial charge in [-0.15, -0.1) is 0 Å². The third-order valence-electron chi connectivity index (χ3n) is 6.75. The molecule has 0 saturated heterocycles. The molecule has 174 valence electrons. The Bertz CT molecular complexity index is 1530. The number of fused-ring (bicyclic) bond motifs is 3. The Hall–Kier alpha value is -3.97. The first kappa shape index (κ1) is 22.8. The topological polar surface area (TPSA) is 54.5 Å². The van der Waals surface area contributed by atoms with Crippen LogP contribution in [0.5, 0.6) is 0 Å². The molecule has 35 heavy (non-hydrogen) atoms. The van der Waals surface area contributed by atoms with Gasteiger partial charge in [0, 0.05) is 28.7 Å². The normalized spacial score (nSPS) is 12.3.